The van der Waals surface area contributed by atoms with E-state index in [4.69, 9.17) is 21.9 Å². The third-order valence-corrected chi connectivity index (χ3v) is 6.23. The minimum Gasteiger partial charge on any atom is -0.388 e. The Morgan fingerprint density at radius 1 is 1.06 bits per heavy atom. The number of rotatable bonds is 11. The highest BCUT2D eigenvalue weighted by Gasteiger charge is 2.16. The molecule has 6 N–H and O–H groups in total. The third-order valence-electron chi connectivity index (χ3n) is 6.23. The lowest BCUT2D eigenvalue weighted by Gasteiger charge is -2.11. The summed E-state index contributed by atoms with van der Waals surface area (Å²) in [7, 11) is 0. The summed E-state index contributed by atoms with van der Waals surface area (Å²) in [6.07, 6.45) is 4.86. The van der Waals surface area contributed by atoms with E-state index in [0.29, 0.717) is 24.3 Å². The second-order valence-corrected chi connectivity index (χ2v) is 8.78. The smallest absolute Gasteiger partial charge is 0.251 e. The molecule has 182 valence electrons. The summed E-state index contributed by atoms with van der Waals surface area (Å²) in [5.41, 5.74) is 16.1. The van der Waals surface area contributed by atoms with Crippen LogP contribution in [0, 0.1) is 5.41 Å². The van der Waals surface area contributed by atoms with Gasteiger partial charge in [-0.15, -0.1) is 0 Å². The van der Waals surface area contributed by atoms with Gasteiger partial charge in [0.2, 0.25) is 0 Å². The lowest BCUT2D eigenvalue weighted by Crippen LogP contribution is -2.24. The summed E-state index contributed by atoms with van der Waals surface area (Å²) in [5.74, 6) is 1.61. The van der Waals surface area contributed by atoms with Crippen molar-refractivity contribution >= 4 is 39.5 Å². The van der Waals surface area contributed by atoms with Gasteiger partial charge in [-0.25, -0.2) is 9.97 Å². The largest absolute Gasteiger partial charge is 0.388 e. The van der Waals surface area contributed by atoms with Crippen molar-refractivity contribution in [1.29, 1.82) is 5.41 Å². The van der Waals surface area contributed by atoms with Crippen molar-refractivity contribution in [2.24, 2.45) is 5.73 Å². The molecule has 0 aliphatic rings. The number of aryl methyl sites for hydroxylation is 3. The Bertz CT molecular complexity index is 1340. The second-order valence-electron chi connectivity index (χ2n) is 8.78. The molecular weight excluding hydrogens is 438 g/mol. The number of nitrogen functional groups attached to an aromatic ring is 1. The summed E-state index contributed by atoms with van der Waals surface area (Å²) < 4.78 is 2.25. The fourth-order valence-electron chi connectivity index (χ4n) is 4.42. The van der Waals surface area contributed by atoms with Crippen LogP contribution >= 0.6 is 0 Å². The number of pyridine rings is 1. The molecule has 0 spiro atoms. The molecule has 2 aromatic heterocycles. The molecule has 0 saturated carbocycles. The van der Waals surface area contributed by atoms with E-state index >= 15 is 0 Å². The Balaban J connectivity index is 1.33. The van der Waals surface area contributed by atoms with Crippen LogP contribution in [0.4, 0.5) is 5.82 Å². The van der Waals surface area contributed by atoms with Gasteiger partial charge in [-0.2, -0.15) is 0 Å². The van der Waals surface area contributed by atoms with Crippen LogP contribution in [-0.4, -0.2) is 32.8 Å². The zero-order valence-corrected chi connectivity index (χ0v) is 20.2. The van der Waals surface area contributed by atoms with Crippen molar-refractivity contribution in [2.75, 3.05) is 12.3 Å². The average Bonchev–Trinajstić information content (AvgIpc) is 3.23. The number of unbranched alkanes of at least 4 members (excludes halogenated alkanes) is 1. The number of carbonyl (C=O) groups is 1. The van der Waals surface area contributed by atoms with Crippen molar-refractivity contribution < 1.29 is 4.79 Å². The highest BCUT2D eigenvalue weighted by molar-refractivity contribution is 6.06. The van der Waals surface area contributed by atoms with Gasteiger partial charge in [0.15, 0.2) is 5.82 Å². The minimum atomic E-state index is -0.0625. The van der Waals surface area contributed by atoms with Gasteiger partial charge in [0.25, 0.3) is 5.91 Å². The van der Waals surface area contributed by atoms with E-state index in [1.807, 2.05) is 42.5 Å². The molecule has 4 rings (SSSR count). The number of imidazole rings is 1. The zero-order chi connectivity index (χ0) is 24.8. The summed E-state index contributed by atoms with van der Waals surface area (Å²) >= 11 is 0. The van der Waals surface area contributed by atoms with Crippen LogP contribution in [0.15, 0.2) is 48.5 Å². The molecule has 0 unspecified atom stereocenters. The lowest BCUT2D eigenvalue weighted by atomic mass is 10.1. The number of carbonyl (C=O) groups excluding carboxylic acids is 1. The minimum absolute atomic E-state index is 0.0625. The topological polar surface area (TPSA) is 136 Å². The molecule has 35 heavy (non-hydrogen) atoms. The van der Waals surface area contributed by atoms with Crippen LogP contribution in [0.5, 0.6) is 0 Å². The Morgan fingerprint density at radius 2 is 1.83 bits per heavy atom. The van der Waals surface area contributed by atoms with Crippen molar-refractivity contribution in [3.63, 3.8) is 0 Å². The molecule has 2 aromatic carbocycles. The molecule has 0 saturated heterocycles. The fourth-order valence-corrected chi connectivity index (χ4v) is 4.42. The third kappa shape index (κ3) is 5.59. The van der Waals surface area contributed by atoms with E-state index in [1.54, 1.807) is 0 Å². The molecule has 4 aromatic rings. The van der Waals surface area contributed by atoms with Crippen LogP contribution in [0.1, 0.15) is 54.4 Å². The number of fused-ring (bicyclic) bond motifs is 3. The number of hydrogen-bond acceptors (Lipinski definition) is 5. The molecule has 0 radical (unpaired) electrons. The molecule has 2 heterocycles. The van der Waals surface area contributed by atoms with E-state index in [1.165, 1.54) is 0 Å². The van der Waals surface area contributed by atoms with Gasteiger partial charge in [-0.1, -0.05) is 37.3 Å². The first kappa shape index (κ1) is 24.2. The van der Waals surface area contributed by atoms with Crippen LogP contribution in [0.2, 0.25) is 0 Å². The number of nitrogens with two attached hydrogens (primary N) is 2. The fraction of sp³-hybridized carbons (Fsp3) is 0.333. The average molecular weight is 472 g/mol. The number of para-hydroxylation sites is 1. The Morgan fingerprint density at radius 3 is 2.57 bits per heavy atom. The lowest BCUT2D eigenvalue weighted by molar-refractivity contribution is 0.0953. The van der Waals surface area contributed by atoms with Crippen molar-refractivity contribution in [3.8, 4) is 0 Å². The maximum Gasteiger partial charge on any atom is 0.251 e. The van der Waals surface area contributed by atoms with Crippen LogP contribution < -0.4 is 16.8 Å². The van der Waals surface area contributed by atoms with Gasteiger partial charge in [-0.3, -0.25) is 10.2 Å². The first-order chi connectivity index (χ1) is 17.0. The van der Waals surface area contributed by atoms with E-state index < -0.39 is 0 Å². The first-order valence-electron chi connectivity index (χ1n) is 12.2. The highest BCUT2D eigenvalue weighted by atomic mass is 16.1. The molecule has 8 nitrogen and oxygen atoms in total. The predicted octanol–water partition coefficient (Wildman–Crippen LogP) is 4.20. The maximum atomic E-state index is 12.5. The number of amides is 1. The van der Waals surface area contributed by atoms with E-state index in [2.05, 4.69) is 27.9 Å². The monoisotopic (exact) mass is 471 g/mol. The van der Waals surface area contributed by atoms with Crippen LogP contribution in [0.25, 0.3) is 21.9 Å². The van der Waals surface area contributed by atoms with Gasteiger partial charge in [0.1, 0.15) is 11.3 Å². The van der Waals surface area contributed by atoms with Crippen LogP contribution in [-0.2, 0) is 19.4 Å². The number of hydrogen-bond donors (Lipinski definition) is 4. The Labute approximate surface area is 205 Å². The Kier molecular flexibility index (Phi) is 7.60. The van der Waals surface area contributed by atoms with Crippen molar-refractivity contribution in [3.05, 3.63) is 65.5 Å². The summed E-state index contributed by atoms with van der Waals surface area (Å²) in [4.78, 5) is 21.8. The number of benzene rings is 2. The van der Waals surface area contributed by atoms with Crippen LogP contribution in [0.3, 0.4) is 0 Å². The quantitative estimate of drug-likeness (QED) is 0.148. The maximum absolute atomic E-state index is 12.5. The standard InChI is InChI=1S/C27H33N7O/c1-2-23-33-24-25(20-9-3-4-10-21(20)32-26(24)30)34(23)17-6-5-16-31-27(35)19-14-12-18(13-15-19)8-7-11-22(28)29/h3-4,9-10,12-15H,2,5-8,11,16-17H2,1H3,(H3,28,29)(H2,30,32)(H,31,35). The molecule has 1 amide bonds. The number of amidine groups is 1. The van der Waals surface area contributed by atoms with E-state index in [-0.39, 0.29) is 11.7 Å². The SMILES string of the molecule is CCc1nc2c(N)nc3ccccc3c2n1CCCCNC(=O)c1ccc(CCCC(=N)N)cc1. The van der Waals surface area contributed by atoms with Gasteiger partial charge in [-0.05, 0) is 49.4 Å². The molecule has 8 heteroatoms. The summed E-state index contributed by atoms with van der Waals surface area (Å²) in [6, 6.07) is 15.7. The first-order valence-corrected chi connectivity index (χ1v) is 12.2. The number of nitrogens with one attached hydrogen (secondary N) is 2. The zero-order valence-electron chi connectivity index (χ0n) is 20.2. The molecular formula is C27H33N7O. The van der Waals surface area contributed by atoms with Gasteiger partial charge in [0.05, 0.1) is 16.9 Å². The van der Waals surface area contributed by atoms with E-state index in [9.17, 15) is 4.79 Å². The second kappa shape index (κ2) is 11.0. The van der Waals surface area contributed by atoms with Gasteiger partial charge in [0, 0.05) is 36.9 Å². The number of anilines is 1. The summed E-state index contributed by atoms with van der Waals surface area (Å²) in [6.45, 7) is 3.51. The van der Waals surface area contributed by atoms with Crippen molar-refractivity contribution in [2.45, 2.75) is 52.0 Å². The molecule has 0 aliphatic heterocycles. The summed E-state index contributed by atoms with van der Waals surface area (Å²) in [5, 5.41) is 11.4. The predicted molar refractivity (Wildman–Crippen MR) is 142 cm³/mol. The highest BCUT2D eigenvalue weighted by Crippen LogP contribution is 2.29. The number of aromatic nitrogens is 3. The molecule has 0 fully saturated rings. The number of nitrogens with zero attached hydrogens (tertiary/aromatic N) is 3. The normalized spacial score (nSPS) is 11.2. The molecule has 0 aliphatic carbocycles. The van der Waals surface area contributed by atoms with Crippen molar-refractivity contribution in [1.82, 2.24) is 19.9 Å². The Hall–Kier alpha value is -3.94. The molecule has 0 bridgehead atoms. The van der Waals surface area contributed by atoms with Gasteiger partial charge >= 0.3 is 0 Å². The molecule has 0 atom stereocenters. The van der Waals surface area contributed by atoms with E-state index in [0.717, 1.165) is 72.0 Å². The van der Waals surface area contributed by atoms with Gasteiger partial charge < -0.3 is 21.4 Å².